The average molecular weight is 273 g/mol. The van der Waals surface area contributed by atoms with Crippen molar-refractivity contribution < 1.29 is 4.42 Å². The number of hydrogen-bond acceptors (Lipinski definition) is 3. The smallest absolute Gasteiger partial charge is 0.336 e. The van der Waals surface area contributed by atoms with E-state index in [0.29, 0.717) is 5.58 Å². The number of benzene rings is 1. The van der Waals surface area contributed by atoms with Crippen LogP contribution in [0.2, 0.25) is 0 Å². The van der Waals surface area contributed by atoms with Crippen LogP contribution in [-0.2, 0) is 6.54 Å². The molecule has 0 atom stereocenters. The first kappa shape index (κ1) is 14.8. The van der Waals surface area contributed by atoms with Gasteiger partial charge in [-0.05, 0) is 50.0 Å². The minimum absolute atomic E-state index is 0.258. The fraction of sp³-hybridized carbons (Fsp3) is 0.471. The standard InChI is InChI=1S/C17H23NO2/c1-4-8-18(9-5-2)12-14-11-17(19)20-16-10-13(3)6-7-15(14)16/h6-7,10-11H,4-5,8-9,12H2,1-3H3. The molecule has 0 radical (unpaired) electrons. The van der Waals surface area contributed by atoms with Crippen LogP contribution in [0.3, 0.4) is 0 Å². The van der Waals surface area contributed by atoms with Crippen LogP contribution >= 0.6 is 0 Å². The maximum absolute atomic E-state index is 11.7. The maximum Gasteiger partial charge on any atom is 0.336 e. The lowest BCUT2D eigenvalue weighted by atomic mass is 10.1. The first-order valence-corrected chi connectivity index (χ1v) is 7.39. The van der Waals surface area contributed by atoms with Gasteiger partial charge in [-0.2, -0.15) is 0 Å². The molecule has 0 fully saturated rings. The summed E-state index contributed by atoms with van der Waals surface area (Å²) < 4.78 is 5.31. The molecule has 0 aliphatic carbocycles. The minimum Gasteiger partial charge on any atom is -0.423 e. The van der Waals surface area contributed by atoms with Crippen LogP contribution in [0.5, 0.6) is 0 Å². The van der Waals surface area contributed by atoms with Gasteiger partial charge in [-0.25, -0.2) is 4.79 Å². The largest absolute Gasteiger partial charge is 0.423 e. The van der Waals surface area contributed by atoms with E-state index in [0.717, 1.165) is 49.0 Å². The summed E-state index contributed by atoms with van der Waals surface area (Å²) in [5, 5.41) is 1.05. The van der Waals surface area contributed by atoms with Crippen molar-refractivity contribution in [3.05, 3.63) is 45.8 Å². The molecule has 0 aliphatic heterocycles. The molecule has 0 saturated carbocycles. The number of fused-ring (bicyclic) bond motifs is 1. The molecule has 0 bridgehead atoms. The zero-order valence-electron chi connectivity index (χ0n) is 12.6. The van der Waals surface area contributed by atoms with Gasteiger partial charge >= 0.3 is 5.63 Å². The second-order valence-electron chi connectivity index (χ2n) is 5.37. The molecule has 1 aromatic carbocycles. The topological polar surface area (TPSA) is 33.5 Å². The predicted molar refractivity (Wildman–Crippen MR) is 83.1 cm³/mol. The molecule has 1 aromatic heterocycles. The van der Waals surface area contributed by atoms with Crippen LogP contribution in [0.15, 0.2) is 33.5 Å². The van der Waals surface area contributed by atoms with Crippen LogP contribution in [-0.4, -0.2) is 18.0 Å². The Hall–Kier alpha value is -1.61. The molecule has 3 heteroatoms. The van der Waals surface area contributed by atoms with Gasteiger partial charge in [0.1, 0.15) is 5.58 Å². The molecule has 0 amide bonds. The molecule has 0 aliphatic rings. The van der Waals surface area contributed by atoms with Crippen LogP contribution in [0.1, 0.15) is 37.8 Å². The Kier molecular flexibility index (Phi) is 4.96. The highest BCUT2D eigenvalue weighted by Gasteiger charge is 2.10. The van der Waals surface area contributed by atoms with Crippen LogP contribution in [0, 0.1) is 6.92 Å². The summed E-state index contributed by atoms with van der Waals surface area (Å²) in [6, 6.07) is 7.69. The zero-order valence-corrected chi connectivity index (χ0v) is 12.6. The summed E-state index contributed by atoms with van der Waals surface area (Å²) in [4.78, 5) is 14.1. The quantitative estimate of drug-likeness (QED) is 0.752. The molecule has 0 unspecified atom stereocenters. The summed E-state index contributed by atoms with van der Waals surface area (Å²) in [5.41, 5.74) is 2.61. The Balaban J connectivity index is 2.39. The summed E-state index contributed by atoms with van der Waals surface area (Å²) in [5.74, 6) is 0. The van der Waals surface area contributed by atoms with Crippen molar-refractivity contribution in [2.45, 2.75) is 40.2 Å². The van der Waals surface area contributed by atoms with Crippen molar-refractivity contribution >= 4 is 11.0 Å². The van der Waals surface area contributed by atoms with E-state index >= 15 is 0 Å². The highest BCUT2D eigenvalue weighted by molar-refractivity contribution is 5.80. The fourth-order valence-corrected chi connectivity index (χ4v) is 2.61. The van der Waals surface area contributed by atoms with Gasteiger partial charge < -0.3 is 4.42 Å². The number of rotatable bonds is 6. The Morgan fingerprint density at radius 3 is 2.45 bits per heavy atom. The molecule has 1 heterocycles. The summed E-state index contributed by atoms with van der Waals surface area (Å²) in [6.45, 7) is 9.30. The van der Waals surface area contributed by atoms with E-state index in [-0.39, 0.29) is 5.63 Å². The monoisotopic (exact) mass is 273 g/mol. The Morgan fingerprint density at radius 2 is 1.80 bits per heavy atom. The van der Waals surface area contributed by atoms with Gasteiger partial charge in [0.25, 0.3) is 0 Å². The average Bonchev–Trinajstić information content (AvgIpc) is 2.38. The fourth-order valence-electron chi connectivity index (χ4n) is 2.61. The Morgan fingerprint density at radius 1 is 1.10 bits per heavy atom. The van der Waals surface area contributed by atoms with Gasteiger partial charge in [0.2, 0.25) is 0 Å². The van der Waals surface area contributed by atoms with Crippen molar-refractivity contribution in [2.75, 3.05) is 13.1 Å². The van der Waals surface area contributed by atoms with E-state index in [1.54, 1.807) is 6.07 Å². The highest BCUT2D eigenvalue weighted by Crippen LogP contribution is 2.20. The number of nitrogens with zero attached hydrogens (tertiary/aromatic N) is 1. The van der Waals surface area contributed by atoms with Crippen molar-refractivity contribution in [3.8, 4) is 0 Å². The Bertz CT molecular complexity index is 624. The SMILES string of the molecule is CCCN(CCC)Cc1cc(=O)oc2cc(C)ccc12. The molecule has 0 spiro atoms. The Labute approximate surface area is 120 Å². The number of aryl methyl sites for hydroxylation is 1. The molecule has 3 nitrogen and oxygen atoms in total. The highest BCUT2D eigenvalue weighted by atomic mass is 16.4. The lowest BCUT2D eigenvalue weighted by Crippen LogP contribution is -2.25. The summed E-state index contributed by atoms with van der Waals surface area (Å²) >= 11 is 0. The first-order chi connectivity index (χ1) is 9.63. The van der Waals surface area contributed by atoms with Crippen molar-refractivity contribution in [1.82, 2.24) is 4.90 Å². The maximum atomic E-state index is 11.7. The van der Waals surface area contributed by atoms with Gasteiger partial charge in [-0.1, -0.05) is 26.0 Å². The third kappa shape index (κ3) is 3.48. The zero-order chi connectivity index (χ0) is 14.5. The lowest BCUT2D eigenvalue weighted by molar-refractivity contribution is 0.267. The summed E-state index contributed by atoms with van der Waals surface area (Å²) in [6.07, 6.45) is 2.25. The van der Waals surface area contributed by atoms with Gasteiger partial charge in [-0.15, -0.1) is 0 Å². The third-order valence-corrected chi connectivity index (χ3v) is 3.46. The van der Waals surface area contributed by atoms with E-state index in [2.05, 4.69) is 30.9 Å². The molecule has 2 aromatic rings. The predicted octanol–water partition coefficient (Wildman–Crippen LogP) is 3.72. The second kappa shape index (κ2) is 6.71. The van der Waals surface area contributed by atoms with E-state index in [4.69, 9.17) is 4.42 Å². The molecular formula is C17H23NO2. The molecular weight excluding hydrogens is 250 g/mol. The van der Waals surface area contributed by atoms with Crippen molar-refractivity contribution in [1.29, 1.82) is 0 Å². The lowest BCUT2D eigenvalue weighted by Gasteiger charge is -2.21. The van der Waals surface area contributed by atoms with Gasteiger partial charge in [0.15, 0.2) is 0 Å². The molecule has 0 N–H and O–H groups in total. The normalized spacial score (nSPS) is 11.4. The summed E-state index contributed by atoms with van der Waals surface area (Å²) in [7, 11) is 0. The molecule has 20 heavy (non-hydrogen) atoms. The second-order valence-corrected chi connectivity index (χ2v) is 5.37. The van der Waals surface area contributed by atoms with Crippen molar-refractivity contribution in [3.63, 3.8) is 0 Å². The molecule has 108 valence electrons. The van der Waals surface area contributed by atoms with Crippen LogP contribution < -0.4 is 5.63 Å². The van der Waals surface area contributed by atoms with Crippen LogP contribution in [0.25, 0.3) is 11.0 Å². The first-order valence-electron chi connectivity index (χ1n) is 7.39. The van der Waals surface area contributed by atoms with E-state index < -0.39 is 0 Å². The minimum atomic E-state index is -0.258. The number of hydrogen-bond donors (Lipinski definition) is 0. The van der Waals surface area contributed by atoms with Gasteiger partial charge in [-0.3, -0.25) is 4.90 Å². The van der Waals surface area contributed by atoms with E-state index in [1.807, 2.05) is 13.0 Å². The van der Waals surface area contributed by atoms with Crippen LogP contribution in [0.4, 0.5) is 0 Å². The third-order valence-electron chi connectivity index (χ3n) is 3.46. The molecule has 2 rings (SSSR count). The van der Waals surface area contributed by atoms with Gasteiger partial charge in [0, 0.05) is 18.0 Å². The van der Waals surface area contributed by atoms with E-state index in [9.17, 15) is 4.79 Å². The molecule has 0 saturated heterocycles. The van der Waals surface area contributed by atoms with Gasteiger partial charge in [0.05, 0.1) is 0 Å². The van der Waals surface area contributed by atoms with E-state index in [1.165, 1.54) is 0 Å². The van der Waals surface area contributed by atoms with Crippen molar-refractivity contribution in [2.24, 2.45) is 0 Å².